The first-order chi connectivity index (χ1) is 10.3. The molecule has 2 aromatic rings. The fraction of sp³-hybridized carbons (Fsp3) is 0.429. The molecule has 8 heteroatoms. The summed E-state index contributed by atoms with van der Waals surface area (Å²) in [6, 6.07) is 0. The summed E-state index contributed by atoms with van der Waals surface area (Å²) in [7, 11) is 0. The number of aromatic nitrogens is 3. The Bertz CT molecular complexity index is 721. The van der Waals surface area contributed by atoms with Gasteiger partial charge in [0.05, 0.1) is 10.9 Å². The average molecular weight is 356 g/mol. The zero-order valence-electron chi connectivity index (χ0n) is 13.0. The highest BCUT2D eigenvalue weighted by Crippen LogP contribution is 2.32. The Labute approximate surface area is 141 Å². The molecule has 118 valence electrons. The molecule has 0 unspecified atom stereocenters. The van der Waals surface area contributed by atoms with E-state index in [1.54, 1.807) is 0 Å². The van der Waals surface area contributed by atoms with Crippen molar-refractivity contribution in [2.24, 2.45) is 0 Å². The number of nitrogens with one attached hydrogen (secondary N) is 1. The van der Waals surface area contributed by atoms with Crippen molar-refractivity contribution >= 4 is 46.4 Å². The van der Waals surface area contributed by atoms with Gasteiger partial charge in [-0.05, 0) is 39.5 Å². The molecule has 0 radical (unpaired) electrons. The molecule has 0 spiro atoms. The van der Waals surface area contributed by atoms with E-state index in [2.05, 4.69) is 15.2 Å². The Morgan fingerprint density at radius 3 is 2.36 bits per heavy atom. The number of aromatic amines is 1. The second kappa shape index (κ2) is 6.97. The molecule has 0 amide bonds. The molecule has 0 aliphatic heterocycles. The summed E-state index contributed by atoms with van der Waals surface area (Å²) >= 11 is 4.41. The minimum atomic E-state index is -0.292. The molecule has 0 saturated heterocycles. The molecule has 0 saturated carbocycles. The summed E-state index contributed by atoms with van der Waals surface area (Å²) in [4.78, 5) is 27.3. The maximum atomic E-state index is 12.6. The van der Waals surface area contributed by atoms with Crippen LogP contribution in [0.2, 0.25) is 0 Å². The van der Waals surface area contributed by atoms with Crippen molar-refractivity contribution < 1.29 is 9.59 Å². The third-order valence-corrected chi connectivity index (χ3v) is 6.33. The fourth-order valence-electron chi connectivity index (χ4n) is 2.26. The molecular weight excluding hydrogens is 338 g/mol. The lowest BCUT2D eigenvalue weighted by molar-refractivity contribution is 0.0988. The Morgan fingerprint density at radius 2 is 1.86 bits per heavy atom. The normalized spacial score (nSPS) is 12.4. The van der Waals surface area contributed by atoms with Crippen molar-refractivity contribution in [2.45, 2.75) is 41.6 Å². The summed E-state index contributed by atoms with van der Waals surface area (Å²) in [5.74, 6) is -0.0571. The summed E-state index contributed by atoms with van der Waals surface area (Å²) in [5.41, 5.74) is 2.59. The second-order valence-corrected chi connectivity index (χ2v) is 8.46. The minimum absolute atomic E-state index is 0.0284. The number of rotatable bonds is 6. The van der Waals surface area contributed by atoms with Gasteiger partial charge in [-0.25, -0.2) is 0 Å². The maximum absolute atomic E-state index is 12.6. The molecule has 22 heavy (non-hydrogen) atoms. The molecule has 1 atom stereocenters. The number of carbonyl (C=O) groups is 2. The Balaban J connectivity index is 2.20. The molecule has 5 nitrogen and oxygen atoms in total. The van der Waals surface area contributed by atoms with Crippen LogP contribution in [-0.4, -0.2) is 38.3 Å². The maximum Gasteiger partial charge on any atom is 0.192 e. The molecule has 0 aliphatic carbocycles. The van der Waals surface area contributed by atoms with Crippen LogP contribution >= 0.6 is 34.9 Å². The Kier molecular flexibility index (Phi) is 5.46. The highest BCUT2D eigenvalue weighted by Gasteiger charge is 2.25. The third kappa shape index (κ3) is 3.44. The van der Waals surface area contributed by atoms with Crippen LogP contribution in [0.1, 0.15) is 46.0 Å². The molecule has 2 aromatic heterocycles. The SMILES string of the molecule is CSc1nnc(S[C@H](C)C(=O)c2[nH]c(C)c(C(C)=O)c2C)s1. The molecule has 0 fully saturated rings. The second-order valence-electron chi connectivity index (χ2n) is 4.84. The number of thioether (sulfide) groups is 2. The summed E-state index contributed by atoms with van der Waals surface area (Å²) in [6.45, 7) is 6.98. The van der Waals surface area contributed by atoms with E-state index in [9.17, 15) is 9.59 Å². The van der Waals surface area contributed by atoms with Crippen LogP contribution in [0, 0.1) is 13.8 Å². The molecular formula is C14H17N3O2S3. The minimum Gasteiger partial charge on any atom is -0.355 e. The Hall–Kier alpha value is -1.12. The van der Waals surface area contributed by atoms with Crippen molar-refractivity contribution in [3.63, 3.8) is 0 Å². The van der Waals surface area contributed by atoms with Crippen LogP contribution < -0.4 is 0 Å². The van der Waals surface area contributed by atoms with Gasteiger partial charge < -0.3 is 4.98 Å². The lowest BCUT2D eigenvalue weighted by Gasteiger charge is -2.07. The molecule has 1 N–H and O–H groups in total. The lowest BCUT2D eigenvalue weighted by atomic mass is 10.0. The number of Topliss-reactive ketones (excluding diaryl/α,β-unsaturated/α-hetero) is 2. The first-order valence-corrected chi connectivity index (χ1v) is 9.55. The van der Waals surface area contributed by atoms with Gasteiger partial charge in [0, 0.05) is 11.3 Å². The van der Waals surface area contributed by atoms with Crippen LogP contribution in [0.4, 0.5) is 0 Å². The van der Waals surface area contributed by atoms with Crippen LogP contribution in [0.3, 0.4) is 0 Å². The monoisotopic (exact) mass is 355 g/mol. The molecule has 2 rings (SSSR count). The first kappa shape index (κ1) is 17.2. The van der Waals surface area contributed by atoms with E-state index in [1.807, 2.05) is 27.0 Å². The zero-order valence-corrected chi connectivity index (χ0v) is 15.5. The number of H-pyrrole nitrogens is 1. The predicted octanol–water partition coefficient (Wildman–Crippen LogP) is 3.77. The van der Waals surface area contributed by atoms with Gasteiger partial charge in [-0.2, -0.15) is 0 Å². The topological polar surface area (TPSA) is 75.7 Å². The van der Waals surface area contributed by atoms with Crippen LogP contribution in [0.25, 0.3) is 0 Å². The largest absolute Gasteiger partial charge is 0.355 e. The number of hydrogen-bond donors (Lipinski definition) is 1. The van der Waals surface area contributed by atoms with Crippen molar-refractivity contribution in [3.05, 3.63) is 22.5 Å². The number of aryl methyl sites for hydroxylation is 1. The van der Waals surface area contributed by atoms with E-state index in [1.165, 1.54) is 41.8 Å². The van der Waals surface area contributed by atoms with Crippen molar-refractivity contribution in [1.82, 2.24) is 15.2 Å². The number of nitrogens with zero attached hydrogens (tertiary/aromatic N) is 2. The Morgan fingerprint density at radius 1 is 1.23 bits per heavy atom. The van der Waals surface area contributed by atoms with Gasteiger partial charge in [-0.1, -0.05) is 34.9 Å². The van der Waals surface area contributed by atoms with Gasteiger partial charge >= 0.3 is 0 Å². The molecule has 0 aliphatic rings. The average Bonchev–Trinajstić information content (AvgIpc) is 3.02. The van der Waals surface area contributed by atoms with E-state index in [4.69, 9.17) is 0 Å². The van der Waals surface area contributed by atoms with Gasteiger partial charge in [0.25, 0.3) is 0 Å². The quantitative estimate of drug-likeness (QED) is 0.628. The molecule has 2 heterocycles. The lowest BCUT2D eigenvalue weighted by Crippen LogP contribution is -2.15. The fourth-order valence-corrected chi connectivity index (χ4v) is 4.90. The first-order valence-electron chi connectivity index (χ1n) is 6.63. The number of ketones is 2. The van der Waals surface area contributed by atoms with Gasteiger partial charge in [-0.15, -0.1) is 10.2 Å². The van der Waals surface area contributed by atoms with E-state index >= 15 is 0 Å². The smallest absolute Gasteiger partial charge is 0.192 e. The highest BCUT2D eigenvalue weighted by atomic mass is 32.2. The van der Waals surface area contributed by atoms with E-state index in [0.29, 0.717) is 11.3 Å². The standard InChI is InChI=1S/C14H17N3O2S3/c1-6-10(8(3)18)7(2)15-11(6)12(19)9(4)21-14-17-16-13(20-5)22-14/h9,15H,1-5H3/t9-/m1/s1. The van der Waals surface area contributed by atoms with Gasteiger partial charge in [0.15, 0.2) is 20.2 Å². The van der Waals surface area contributed by atoms with Crippen molar-refractivity contribution in [1.29, 1.82) is 0 Å². The summed E-state index contributed by atoms with van der Waals surface area (Å²) < 4.78 is 1.66. The number of carbonyl (C=O) groups excluding carboxylic acids is 2. The van der Waals surface area contributed by atoms with E-state index in [0.717, 1.165) is 19.9 Å². The molecule has 0 bridgehead atoms. The van der Waals surface area contributed by atoms with Crippen molar-refractivity contribution in [2.75, 3.05) is 6.26 Å². The number of hydrogen-bond acceptors (Lipinski definition) is 7. The summed E-state index contributed by atoms with van der Waals surface area (Å²) in [5, 5.41) is 7.80. The van der Waals surface area contributed by atoms with Gasteiger partial charge in [0.2, 0.25) is 0 Å². The van der Waals surface area contributed by atoms with Crippen LogP contribution in [-0.2, 0) is 0 Å². The van der Waals surface area contributed by atoms with Gasteiger partial charge in [-0.3, -0.25) is 9.59 Å². The molecule has 0 aromatic carbocycles. The predicted molar refractivity (Wildman–Crippen MR) is 91.6 cm³/mol. The van der Waals surface area contributed by atoms with Crippen LogP contribution in [0.15, 0.2) is 8.68 Å². The van der Waals surface area contributed by atoms with E-state index in [-0.39, 0.29) is 16.8 Å². The summed E-state index contributed by atoms with van der Waals surface area (Å²) in [6.07, 6.45) is 1.94. The zero-order chi connectivity index (χ0) is 16.4. The highest BCUT2D eigenvalue weighted by molar-refractivity contribution is 8.03. The van der Waals surface area contributed by atoms with Crippen LogP contribution in [0.5, 0.6) is 0 Å². The van der Waals surface area contributed by atoms with Gasteiger partial charge in [0.1, 0.15) is 0 Å². The van der Waals surface area contributed by atoms with E-state index < -0.39 is 0 Å². The van der Waals surface area contributed by atoms with Crippen molar-refractivity contribution in [3.8, 4) is 0 Å². The third-order valence-electron chi connectivity index (χ3n) is 3.25.